The van der Waals surface area contributed by atoms with Crippen molar-refractivity contribution in [2.45, 2.75) is 66.3 Å². The lowest BCUT2D eigenvalue weighted by molar-refractivity contribution is -0.163. The van der Waals surface area contributed by atoms with Crippen LogP contribution in [0.4, 0.5) is 0 Å². The molecule has 2 N–H and O–H groups in total. The van der Waals surface area contributed by atoms with Crippen molar-refractivity contribution in [1.82, 2.24) is 19.3 Å². The molecule has 2 unspecified atom stereocenters. The molecule has 5 heterocycles. The van der Waals surface area contributed by atoms with Gasteiger partial charge in [-0.25, -0.2) is 9.98 Å². The number of aliphatic hydroxyl groups is 2. The number of nitrogens with zero attached hydrogens (tertiary/aromatic N) is 6. The number of hydrazone groups is 1. The Morgan fingerprint density at radius 3 is 2.56 bits per heavy atom. The van der Waals surface area contributed by atoms with Crippen LogP contribution in [0.15, 0.2) is 81.5 Å². The Bertz CT molecular complexity index is 2370. The average Bonchev–Trinajstić information content (AvgIpc) is 3.56. The minimum absolute atomic E-state index is 0.00315. The summed E-state index contributed by atoms with van der Waals surface area (Å²) in [6, 6.07) is 3.71. The Balaban J connectivity index is 1.49. The van der Waals surface area contributed by atoms with E-state index < -0.39 is 65.4 Å². The first-order valence-corrected chi connectivity index (χ1v) is 21.1. The van der Waals surface area contributed by atoms with Gasteiger partial charge in [0.15, 0.2) is 5.76 Å². The summed E-state index contributed by atoms with van der Waals surface area (Å²) >= 11 is 0. The van der Waals surface area contributed by atoms with Gasteiger partial charge in [0.25, 0.3) is 5.91 Å². The monoisotopic (exact) mass is 832 g/mol. The molecule has 0 aromatic carbocycles. The molecule has 0 saturated carbocycles. The van der Waals surface area contributed by atoms with Crippen LogP contribution >= 0.6 is 0 Å². The van der Waals surface area contributed by atoms with E-state index in [0.29, 0.717) is 28.9 Å². The number of Topliss-reactive ketones (excluding diaryl/α,β-unsaturated/α-hetero) is 1. The van der Waals surface area contributed by atoms with Crippen LogP contribution in [0.2, 0.25) is 0 Å². The maximum absolute atomic E-state index is 15.0. The molecule has 2 aromatic rings. The molecule has 6 bridgehead atoms. The summed E-state index contributed by atoms with van der Waals surface area (Å²) in [7, 11) is 3.65. The van der Waals surface area contributed by atoms with E-state index in [1.807, 2.05) is 50.9 Å². The highest BCUT2D eigenvalue weighted by molar-refractivity contribution is 6.57. The first-order chi connectivity index (χ1) is 29.2. The number of ether oxygens (including phenoxy) is 3. The minimum atomic E-state index is -0.890. The van der Waals surface area contributed by atoms with Crippen LogP contribution < -0.4 is 0 Å². The van der Waals surface area contributed by atoms with E-state index in [9.17, 15) is 24.6 Å². The maximum atomic E-state index is 15.0. The lowest BCUT2D eigenvalue weighted by atomic mass is 9.69. The zero-order chi connectivity index (χ0) is 43.7. The van der Waals surface area contributed by atoms with Gasteiger partial charge < -0.3 is 29.3 Å². The molecule has 5 aliphatic rings. The Morgan fingerprint density at radius 2 is 1.84 bits per heavy atom. The van der Waals surface area contributed by atoms with Crippen molar-refractivity contribution in [3.8, 4) is 11.8 Å². The third kappa shape index (κ3) is 8.78. The van der Waals surface area contributed by atoms with E-state index in [-0.39, 0.29) is 41.0 Å². The highest BCUT2D eigenvalue weighted by Crippen LogP contribution is 2.46. The zero-order valence-electron chi connectivity index (χ0n) is 36.2. The number of hydrogen-bond acceptors (Lipinski definition) is 12. The van der Waals surface area contributed by atoms with Gasteiger partial charge in [0.2, 0.25) is 5.78 Å². The lowest BCUT2D eigenvalue weighted by Crippen LogP contribution is -2.48. The van der Waals surface area contributed by atoms with E-state index >= 15 is 0 Å². The summed E-state index contributed by atoms with van der Waals surface area (Å²) in [5, 5.41) is 30.5. The first kappa shape index (κ1) is 43.5. The molecule has 14 heteroatoms. The van der Waals surface area contributed by atoms with Gasteiger partial charge in [-0.2, -0.15) is 5.10 Å². The van der Waals surface area contributed by atoms with Crippen LogP contribution in [-0.4, -0.2) is 124 Å². The highest BCUT2D eigenvalue weighted by atomic mass is 16.5. The van der Waals surface area contributed by atoms with Crippen molar-refractivity contribution in [1.29, 1.82) is 0 Å². The van der Waals surface area contributed by atoms with E-state index in [4.69, 9.17) is 24.3 Å². The van der Waals surface area contributed by atoms with Crippen molar-refractivity contribution in [2.24, 2.45) is 45.6 Å². The second kappa shape index (κ2) is 18.2. The standard InChI is InChI=1S/C47H56N6O8/c1-26-10-9-11-27(2)47(58)50-42-43-41(49-37-23-32(14-16-53(37)43)24-48-52-19-17-51(7)18-20-52)39-34-25-60-21-15-36(59-8)38(29(4)33(34)12-13-35(55)40(39)45(42)57)46(61-31(6)54)30(5)44(56)28(3)22-26/h9-11,14-16,21,23-24,26,28-30,33,36,38,44,46,55-56H,17-20,22,25H2,1-8H3/b10-9+,21-15+,27-11-,48-24+,50-42-/t26-,28+,29?,30+,33?,36-,38-,44+,46-/m0/s1. The predicted molar refractivity (Wildman–Crippen MR) is 231 cm³/mol. The number of esters is 1. The van der Waals surface area contributed by atoms with Gasteiger partial charge >= 0.3 is 5.97 Å². The summed E-state index contributed by atoms with van der Waals surface area (Å²) in [4.78, 5) is 53.6. The third-order valence-corrected chi connectivity index (χ3v) is 12.7. The topological polar surface area (TPSA) is 168 Å². The van der Waals surface area contributed by atoms with E-state index in [1.165, 1.54) is 13.2 Å². The number of ketones is 1. The number of aliphatic imine (C=N–C) groups is 1. The molecule has 1 saturated heterocycles. The molecule has 7 rings (SSSR count). The van der Waals surface area contributed by atoms with Crippen molar-refractivity contribution in [2.75, 3.05) is 46.9 Å². The summed E-state index contributed by atoms with van der Waals surface area (Å²) in [5.74, 6) is 1.21. The molecule has 322 valence electrons. The molecule has 0 radical (unpaired) electrons. The van der Waals surface area contributed by atoms with Gasteiger partial charge in [-0.15, -0.1) is 0 Å². The first-order valence-electron chi connectivity index (χ1n) is 21.1. The number of carbonyl (C=O) groups excluding carboxylic acids is 3. The van der Waals surface area contributed by atoms with Crippen LogP contribution in [0.5, 0.6) is 0 Å². The normalized spacial score (nSPS) is 33.1. The van der Waals surface area contributed by atoms with Crippen molar-refractivity contribution in [3.63, 3.8) is 0 Å². The number of rotatable bonds is 4. The fraction of sp³-hybridized carbons (Fsp3) is 0.489. The van der Waals surface area contributed by atoms with Gasteiger partial charge in [-0.1, -0.05) is 51.8 Å². The van der Waals surface area contributed by atoms with Crippen LogP contribution in [0.3, 0.4) is 0 Å². The molecule has 3 aliphatic heterocycles. The zero-order valence-corrected chi connectivity index (χ0v) is 36.2. The van der Waals surface area contributed by atoms with Crippen LogP contribution in [0.1, 0.15) is 64.9 Å². The van der Waals surface area contributed by atoms with E-state index in [2.05, 4.69) is 28.8 Å². The van der Waals surface area contributed by atoms with Crippen LogP contribution in [0.25, 0.3) is 11.2 Å². The number of fused-ring (bicyclic) bond motifs is 6. The number of allylic oxidation sites excluding steroid dienone is 6. The number of aromatic nitrogens is 2. The van der Waals surface area contributed by atoms with E-state index in [0.717, 1.165) is 31.7 Å². The molecule has 0 spiro atoms. The van der Waals surface area contributed by atoms with Crippen LogP contribution in [0, 0.1) is 47.3 Å². The molecule has 1 fully saturated rings. The molecule has 2 aromatic heterocycles. The summed E-state index contributed by atoms with van der Waals surface area (Å²) in [6.45, 7) is 14.2. The Labute approximate surface area is 357 Å². The number of piperazine rings is 1. The lowest BCUT2D eigenvalue weighted by Gasteiger charge is -2.42. The van der Waals surface area contributed by atoms with Gasteiger partial charge in [-0.05, 0) is 73.4 Å². The predicted octanol–water partition coefficient (Wildman–Crippen LogP) is 4.93. The molecular formula is C47H56N6O8. The molecule has 61 heavy (non-hydrogen) atoms. The Hall–Kier alpha value is -5.62. The molecule has 14 nitrogen and oxygen atoms in total. The van der Waals surface area contributed by atoms with Crippen LogP contribution in [-0.2, 0) is 28.6 Å². The number of pyridine rings is 1. The van der Waals surface area contributed by atoms with Crippen molar-refractivity contribution < 1.29 is 38.8 Å². The summed E-state index contributed by atoms with van der Waals surface area (Å²) < 4.78 is 20.2. The smallest absolute Gasteiger partial charge is 0.302 e. The maximum Gasteiger partial charge on any atom is 0.302 e. The number of amides is 1. The largest absolute Gasteiger partial charge is 0.500 e. The minimum Gasteiger partial charge on any atom is -0.500 e. The van der Waals surface area contributed by atoms with E-state index in [1.54, 1.807) is 49.1 Å². The fourth-order valence-corrected chi connectivity index (χ4v) is 9.30. The number of likely N-dealkylation sites (N-methyl/N-ethyl adjacent to an activating group) is 1. The highest BCUT2D eigenvalue weighted by Gasteiger charge is 2.48. The summed E-state index contributed by atoms with van der Waals surface area (Å²) in [5.41, 5.74) is 2.64. The average molecular weight is 833 g/mol. The Kier molecular flexibility index (Phi) is 12.9. The SMILES string of the molecule is CO[C@H]1/C=C/OCC2=C3C4=C(O)C#CC2C(C)[C@@H]1[C@@H](OC(C)=O)[C@H](C)[C@H](O)[C@H](C)C[C@@H](C)/C=C/C=C(/C)C(=O)/N=C(\C4=O)c1c3nc2cc(/C=N/N3CCN(C)CC3)ccn12. The third-order valence-electron chi connectivity index (χ3n) is 12.7. The molecule has 9 atom stereocenters. The van der Waals surface area contributed by atoms with Crippen molar-refractivity contribution >= 4 is 40.8 Å². The number of imidazole rings is 1. The second-order valence-electron chi connectivity index (χ2n) is 17.1. The number of carbonyl (C=O) groups is 3. The van der Waals surface area contributed by atoms with Gasteiger partial charge in [-0.3, -0.25) is 23.8 Å². The second-order valence-corrected chi connectivity index (χ2v) is 17.1. The quantitative estimate of drug-likeness (QED) is 0.244. The molecular weight excluding hydrogens is 777 g/mol. The fourth-order valence-electron chi connectivity index (χ4n) is 9.30. The number of hydrogen-bond donors (Lipinski definition) is 2. The summed E-state index contributed by atoms with van der Waals surface area (Å²) in [6.07, 6.45) is 10.4. The Morgan fingerprint density at radius 1 is 1.08 bits per heavy atom. The number of methoxy groups -OCH3 is 1. The van der Waals surface area contributed by atoms with Gasteiger partial charge in [0.05, 0.1) is 30.3 Å². The molecule has 2 aliphatic carbocycles. The number of aliphatic hydroxyl groups excluding tert-OH is 2. The van der Waals surface area contributed by atoms with Crippen molar-refractivity contribution in [3.05, 3.63) is 88.3 Å². The van der Waals surface area contributed by atoms with Gasteiger partial charge in [0, 0.05) is 75.3 Å². The molecule has 1 amide bonds. The van der Waals surface area contributed by atoms with Gasteiger partial charge in [0.1, 0.15) is 35.5 Å².